The van der Waals surface area contributed by atoms with Gasteiger partial charge in [-0.2, -0.15) is 5.10 Å². The summed E-state index contributed by atoms with van der Waals surface area (Å²) in [5, 5.41) is 8.12. The average Bonchev–Trinajstić information content (AvgIpc) is 2.64. The van der Waals surface area contributed by atoms with Crippen molar-refractivity contribution in [3.05, 3.63) is 15.9 Å². The maximum absolute atomic E-state index is 4.48. The van der Waals surface area contributed by atoms with Gasteiger partial charge in [0.1, 0.15) is 0 Å². The molecule has 2 rings (SSSR count). The minimum absolute atomic E-state index is 0.230. The van der Waals surface area contributed by atoms with E-state index in [0.717, 1.165) is 24.7 Å². The highest BCUT2D eigenvalue weighted by atomic mass is 79.9. The zero-order valence-corrected chi connectivity index (χ0v) is 15.6. The third-order valence-corrected chi connectivity index (χ3v) is 5.29. The standard InChI is InChI=1S/C16H29BrN4/c1-12-15(17)14(20(5)19-12)11-21-8-6-13(7-9-21)10-18-16(2,3)4/h13,18H,6-11H2,1-5H3. The van der Waals surface area contributed by atoms with Gasteiger partial charge in [0.25, 0.3) is 0 Å². The number of piperidine rings is 1. The second kappa shape index (κ2) is 6.80. The van der Waals surface area contributed by atoms with Crippen LogP contribution in [0.3, 0.4) is 0 Å². The van der Waals surface area contributed by atoms with E-state index in [0.29, 0.717) is 0 Å². The molecular formula is C16H29BrN4. The van der Waals surface area contributed by atoms with Crippen molar-refractivity contribution < 1.29 is 0 Å². The lowest BCUT2D eigenvalue weighted by Crippen LogP contribution is -2.42. The first-order valence-electron chi connectivity index (χ1n) is 7.91. The van der Waals surface area contributed by atoms with Crippen LogP contribution in [0.5, 0.6) is 0 Å². The number of aromatic nitrogens is 2. The van der Waals surface area contributed by atoms with Crippen molar-refractivity contribution in [2.24, 2.45) is 13.0 Å². The number of nitrogens with zero attached hydrogens (tertiary/aromatic N) is 3. The molecular weight excluding hydrogens is 328 g/mol. The summed E-state index contributed by atoms with van der Waals surface area (Å²) in [6, 6.07) is 0. The van der Waals surface area contributed by atoms with Crippen LogP contribution in [0.2, 0.25) is 0 Å². The Labute approximate surface area is 137 Å². The summed E-state index contributed by atoms with van der Waals surface area (Å²) in [6.45, 7) is 13.3. The van der Waals surface area contributed by atoms with E-state index < -0.39 is 0 Å². The van der Waals surface area contributed by atoms with Crippen molar-refractivity contribution >= 4 is 15.9 Å². The molecule has 0 amide bonds. The van der Waals surface area contributed by atoms with Gasteiger partial charge < -0.3 is 5.32 Å². The predicted molar refractivity (Wildman–Crippen MR) is 91.4 cm³/mol. The van der Waals surface area contributed by atoms with Crippen LogP contribution >= 0.6 is 15.9 Å². The van der Waals surface area contributed by atoms with E-state index in [4.69, 9.17) is 0 Å². The van der Waals surface area contributed by atoms with Crippen LogP contribution < -0.4 is 5.32 Å². The number of hydrogen-bond donors (Lipinski definition) is 1. The minimum atomic E-state index is 0.230. The molecule has 1 aliphatic heterocycles. The topological polar surface area (TPSA) is 33.1 Å². The second-order valence-corrected chi connectivity index (χ2v) is 8.11. The first-order valence-corrected chi connectivity index (χ1v) is 8.71. The average molecular weight is 357 g/mol. The van der Waals surface area contributed by atoms with Gasteiger partial charge in [-0.25, -0.2) is 0 Å². The van der Waals surface area contributed by atoms with E-state index in [1.807, 2.05) is 11.7 Å². The molecule has 1 saturated heterocycles. The summed E-state index contributed by atoms with van der Waals surface area (Å²) in [4.78, 5) is 2.55. The van der Waals surface area contributed by atoms with E-state index in [1.165, 1.54) is 36.1 Å². The summed E-state index contributed by atoms with van der Waals surface area (Å²) in [7, 11) is 2.03. The first kappa shape index (κ1) is 17.0. The number of halogens is 1. The van der Waals surface area contributed by atoms with E-state index >= 15 is 0 Å². The summed E-state index contributed by atoms with van der Waals surface area (Å²) in [5.41, 5.74) is 2.60. The van der Waals surface area contributed by atoms with Crippen LogP contribution in [0.25, 0.3) is 0 Å². The SMILES string of the molecule is Cc1nn(C)c(CN2CCC(CNC(C)(C)C)CC2)c1Br. The molecule has 0 saturated carbocycles. The van der Waals surface area contributed by atoms with Gasteiger partial charge in [0.05, 0.1) is 15.9 Å². The minimum Gasteiger partial charge on any atom is -0.312 e. The molecule has 1 aliphatic rings. The zero-order chi connectivity index (χ0) is 15.6. The maximum Gasteiger partial charge on any atom is 0.0739 e. The summed E-state index contributed by atoms with van der Waals surface area (Å²) in [6.07, 6.45) is 2.58. The molecule has 5 heteroatoms. The molecule has 4 nitrogen and oxygen atoms in total. The lowest BCUT2D eigenvalue weighted by molar-refractivity contribution is 0.167. The Bertz CT molecular complexity index is 467. The number of rotatable bonds is 4. The van der Waals surface area contributed by atoms with Crippen LogP contribution in [-0.4, -0.2) is 39.9 Å². The third-order valence-electron chi connectivity index (χ3n) is 4.26. The lowest BCUT2D eigenvalue weighted by Gasteiger charge is -2.33. The zero-order valence-electron chi connectivity index (χ0n) is 14.0. The van der Waals surface area contributed by atoms with Gasteiger partial charge in [-0.3, -0.25) is 9.58 Å². The molecule has 0 unspecified atom stereocenters. The van der Waals surface area contributed by atoms with Gasteiger partial charge >= 0.3 is 0 Å². The quantitative estimate of drug-likeness (QED) is 0.899. The van der Waals surface area contributed by atoms with Crippen molar-refractivity contribution in [2.45, 2.75) is 52.6 Å². The van der Waals surface area contributed by atoms with Gasteiger partial charge in [-0.05, 0) is 82.0 Å². The molecule has 1 fully saturated rings. The molecule has 0 bridgehead atoms. The molecule has 21 heavy (non-hydrogen) atoms. The predicted octanol–water partition coefficient (Wildman–Crippen LogP) is 3.09. The number of nitrogens with one attached hydrogen (secondary N) is 1. The van der Waals surface area contributed by atoms with Gasteiger partial charge in [-0.1, -0.05) is 0 Å². The van der Waals surface area contributed by atoms with E-state index in [-0.39, 0.29) is 5.54 Å². The Morgan fingerprint density at radius 2 is 1.90 bits per heavy atom. The van der Waals surface area contributed by atoms with E-state index in [2.05, 4.69) is 58.9 Å². The van der Waals surface area contributed by atoms with E-state index in [1.54, 1.807) is 0 Å². The molecule has 1 aromatic rings. The Morgan fingerprint density at radius 3 is 2.38 bits per heavy atom. The fourth-order valence-electron chi connectivity index (χ4n) is 2.86. The van der Waals surface area contributed by atoms with E-state index in [9.17, 15) is 0 Å². The molecule has 0 radical (unpaired) electrons. The van der Waals surface area contributed by atoms with Crippen molar-refractivity contribution in [3.63, 3.8) is 0 Å². The molecule has 0 atom stereocenters. The Morgan fingerprint density at radius 1 is 1.29 bits per heavy atom. The molecule has 0 spiro atoms. The highest BCUT2D eigenvalue weighted by Gasteiger charge is 2.22. The molecule has 0 aromatic carbocycles. The van der Waals surface area contributed by atoms with Crippen molar-refractivity contribution in [2.75, 3.05) is 19.6 Å². The highest BCUT2D eigenvalue weighted by molar-refractivity contribution is 9.10. The number of aryl methyl sites for hydroxylation is 2. The molecule has 1 aromatic heterocycles. The summed E-state index contributed by atoms with van der Waals surface area (Å²) >= 11 is 3.67. The number of hydrogen-bond acceptors (Lipinski definition) is 3. The maximum atomic E-state index is 4.48. The van der Waals surface area contributed by atoms with Crippen molar-refractivity contribution in [1.82, 2.24) is 20.0 Å². The van der Waals surface area contributed by atoms with Crippen LogP contribution in [0.4, 0.5) is 0 Å². The van der Waals surface area contributed by atoms with Crippen LogP contribution in [0, 0.1) is 12.8 Å². The second-order valence-electron chi connectivity index (χ2n) is 7.32. The molecule has 0 aliphatic carbocycles. The fourth-order valence-corrected chi connectivity index (χ4v) is 3.32. The summed E-state index contributed by atoms with van der Waals surface area (Å²) < 4.78 is 3.17. The first-order chi connectivity index (χ1) is 9.76. The van der Waals surface area contributed by atoms with Gasteiger partial charge in [0.15, 0.2) is 0 Å². The molecule has 1 N–H and O–H groups in total. The smallest absolute Gasteiger partial charge is 0.0739 e. The van der Waals surface area contributed by atoms with Gasteiger partial charge in [0.2, 0.25) is 0 Å². The van der Waals surface area contributed by atoms with Crippen molar-refractivity contribution in [1.29, 1.82) is 0 Å². The monoisotopic (exact) mass is 356 g/mol. The molecule has 2 heterocycles. The summed E-state index contributed by atoms with van der Waals surface area (Å²) in [5.74, 6) is 0.817. The van der Waals surface area contributed by atoms with Crippen LogP contribution in [-0.2, 0) is 13.6 Å². The number of likely N-dealkylation sites (tertiary alicyclic amines) is 1. The van der Waals surface area contributed by atoms with Crippen molar-refractivity contribution in [3.8, 4) is 0 Å². The Kier molecular flexibility index (Phi) is 5.49. The highest BCUT2D eigenvalue weighted by Crippen LogP contribution is 2.24. The van der Waals surface area contributed by atoms with Gasteiger partial charge in [-0.15, -0.1) is 0 Å². The Balaban J connectivity index is 1.82. The van der Waals surface area contributed by atoms with Gasteiger partial charge in [0, 0.05) is 19.1 Å². The fraction of sp³-hybridized carbons (Fsp3) is 0.812. The third kappa shape index (κ3) is 4.80. The lowest BCUT2D eigenvalue weighted by atomic mass is 9.95. The van der Waals surface area contributed by atoms with Crippen LogP contribution in [0.15, 0.2) is 4.47 Å². The van der Waals surface area contributed by atoms with Crippen LogP contribution in [0.1, 0.15) is 45.0 Å². The normalized spacial score (nSPS) is 18.4. The molecule has 120 valence electrons. The largest absolute Gasteiger partial charge is 0.312 e. The Hall–Kier alpha value is -0.390.